The fourth-order valence-corrected chi connectivity index (χ4v) is 5.02. The normalized spacial score (nSPS) is 18.4. The molecule has 158 valence electrons. The van der Waals surface area contributed by atoms with E-state index in [4.69, 9.17) is 4.74 Å². The van der Waals surface area contributed by atoms with Gasteiger partial charge in [0.1, 0.15) is 0 Å². The molecule has 1 aliphatic heterocycles. The number of amides is 1. The lowest BCUT2D eigenvalue weighted by Crippen LogP contribution is -2.41. The minimum absolute atomic E-state index is 0.0604. The van der Waals surface area contributed by atoms with E-state index in [0.717, 1.165) is 46.8 Å². The van der Waals surface area contributed by atoms with Crippen molar-refractivity contribution < 1.29 is 14.3 Å². The molecule has 4 rings (SSSR count). The van der Waals surface area contributed by atoms with Crippen LogP contribution in [0.2, 0.25) is 0 Å². The summed E-state index contributed by atoms with van der Waals surface area (Å²) in [5.74, 6) is 0.107. The SMILES string of the molecule is COCCCNC(=O)CN1c2ccccc2NC2=C(C(=O)CCC2)[C@H]1c1cccs1. The highest BCUT2D eigenvalue weighted by atomic mass is 32.1. The smallest absolute Gasteiger partial charge is 0.239 e. The van der Waals surface area contributed by atoms with Gasteiger partial charge in [0.15, 0.2) is 5.78 Å². The van der Waals surface area contributed by atoms with Crippen LogP contribution in [0.1, 0.15) is 36.6 Å². The first-order chi connectivity index (χ1) is 14.7. The zero-order valence-electron chi connectivity index (χ0n) is 17.1. The molecule has 0 radical (unpaired) electrons. The summed E-state index contributed by atoms with van der Waals surface area (Å²) in [6, 6.07) is 11.8. The predicted octanol–water partition coefficient (Wildman–Crippen LogP) is 3.88. The Bertz CT molecular complexity index is 939. The first-order valence-electron chi connectivity index (χ1n) is 10.4. The fraction of sp³-hybridized carbons (Fsp3) is 0.391. The molecule has 0 bridgehead atoms. The predicted molar refractivity (Wildman–Crippen MR) is 120 cm³/mol. The first kappa shape index (κ1) is 20.6. The maximum Gasteiger partial charge on any atom is 0.239 e. The third-order valence-electron chi connectivity index (χ3n) is 5.51. The van der Waals surface area contributed by atoms with Crippen molar-refractivity contribution in [3.05, 3.63) is 57.9 Å². The zero-order chi connectivity index (χ0) is 20.9. The topological polar surface area (TPSA) is 70.7 Å². The van der Waals surface area contributed by atoms with E-state index in [-0.39, 0.29) is 24.3 Å². The number of anilines is 2. The maximum absolute atomic E-state index is 13.1. The Kier molecular flexibility index (Phi) is 6.50. The number of thiophene rings is 1. The molecule has 2 aliphatic rings. The number of ketones is 1. The number of carbonyl (C=O) groups excluding carboxylic acids is 2. The third-order valence-corrected chi connectivity index (χ3v) is 6.44. The Hall–Kier alpha value is -2.64. The largest absolute Gasteiger partial charge is 0.385 e. The monoisotopic (exact) mass is 425 g/mol. The molecule has 7 heteroatoms. The molecule has 30 heavy (non-hydrogen) atoms. The fourth-order valence-electron chi connectivity index (χ4n) is 4.17. The molecule has 1 aliphatic carbocycles. The van der Waals surface area contributed by atoms with Gasteiger partial charge in [-0.05, 0) is 42.8 Å². The number of hydrogen-bond acceptors (Lipinski definition) is 6. The number of nitrogens with one attached hydrogen (secondary N) is 2. The third kappa shape index (κ3) is 4.27. The van der Waals surface area contributed by atoms with Crippen LogP contribution in [0.5, 0.6) is 0 Å². The molecule has 2 N–H and O–H groups in total. The second kappa shape index (κ2) is 9.45. The van der Waals surface area contributed by atoms with Crippen molar-refractivity contribution in [2.24, 2.45) is 0 Å². The number of fused-ring (bicyclic) bond motifs is 1. The van der Waals surface area contributed by atoms with Crippen molar-refractivity contribution >= 4 is 34.4 Å². The van der Waals surface area contributed by atoms with Crippen LogP contribution in [0.15, 0.2) is 53.0 Å². The minimum Gasteiger partial charge on any atom is -0.385 e. The summed E-state index contributed by atoms with van der Waals surface area (Å²) in [4.78, 5) is 29.1. The number of allylic oxidation sites excluding steroid dienone is 1. The molecule has 2 heterocycles. The zero-order valence-corrected chi connectivity index (χ0v) is 18.0. The summed E-state index contributed by atoms with van der Waals surface area (Å²) in [5, 5.41) is 8.53. The summed E-state index contributed by atoms with van der Waals surface area (Å²) >= 11 is 1.62. The molecule has 0 unspecified atom stereocenters. The van der Waals surface area contributed by atoms with Crippen molar-refractivity contribution in [1.82, 2.24) is 5.32 Å². The molecular formula is C23H27N3O3S. The Labute approximate surface area is 180 Å². The van der Waals surface area contributed by atoms with E-state index in [1.165, 1.54) is 0 Å². The minimum atomic E-state index is -0.270. The van der Waals surface area contributed by atoms with Crippen LogP contribution >= 0.6 is 11.3 Å². The Morgan fingerprint density at radius 1 is 1.27 bits per heavy atom. The number of para-hydroxylation sites is 2. The molecule has 1 amide bonds. The molecule has 2 aromatic rings. The maximum atomic E-state index is 13.1. The van der Waals surface area contributed by atoms with Crippen LogP contribution in [0.25, 0.3) is 0 Å². The summed E-state index contributed by atoms with van der Waals surface area (Å²) in [7, 11) is 1.65. The molecule has 0 spiro atoms. The Morgan fingerprint density at radius 2 is 2.13 bits per heavy atom. The quantitative estimate of drug-likeness (QED) is 0.659. The van der Waals surface area contributed by atoms with Crippen LogP contribution in [-0.2, 0) is 14.3 Å². The van der Waals surface area contributed by atoms with Gasteiger partial charge < -0.3 is 20.3 Å². The number of nitrogens with zero attached hydrogens (tertiary/aromatic N) is 1. The summed E-state index contributed by atoms with van der Waals surface area (Å²) < 4.78 is 5.06. The van der Waals surface area contributed by atoms with E-state index in [2.05, 4.69) is 21.6 Å². The van der Waals surface area contributed by atoms with Crippen LogP contribution in [0.3, 0.4) is 0 Å². The van der Waals surface area contributed by atoms with Gasteiger partial charge in [-0.3, -0.25) is 9.59 Å². The molecule has 1 atom stereocenters. The number of ether oxygens (including phenoxy) is 1. The lowest BCUT2D eigenvalue weighted by atomic mass is 9.88. The van der Waals surface area contributed by atoms with E-state index >= 15 is 0 Å². The Balaban J connectivity index is 1.73. The van der Waals surface area contributed by atoms with Crippen LogP contribution in [0, 0.1) is 0 Å². The number of benzene rings is 1. The number of Topliss-reactive ketones (excluding diaryl/α,β-unsaturated/α-hetero) is 1. The highest BCUT2D eigenvalue weighted by Gasteiger charge is 2.37. The second-order valence-corrected chi connectivity index (χ2v) is 8.53. The van der Waals surface area contributed by atoms with Crippen molar-refractivity contribution in [1.29, 1.82) is 0 Å². The Morgan fingerprint density at radius 3 is 2.93 bits per heavy atom. The standard InChI is InChI=1S/C23H27N3O3S/c1-29-13-6-12-24-21(28)15-26-18-9-3-2-7-16(18)25-17-8-4-10-19(27)22(17)23(26)20-11-5-14-30-20/h2-3,5,7,9,11,14,23,25H,4,6,8,10,12-13,15H2,1H3,(H,24,28)/t23-/m1/s1. The summed E-state index contributed by atoms with van der Waals surface area (Å²) in [5.41, 5.74) is 3.66. The molecule has 0 saturated heterocycles. The van der Waals surface area contributed by atoms with Gasteiger partial charge in [0.05, 0.1) is 24.0 Å². The van der Waals surface area contributed by atoms with E-state index in [1.54, 1.807) is 18.4 Å². The number of rotatable bonds is 7. The number of carbonyl (C=O) groups is 2. The lowest BCUT2D eigenvalue weighted by Gasteiger charge is -2.34. The van der Waals surface area contributed by atoms with Gasteiger partial charge in [0, 0.05) is 42.8 Å². The lowest BCUT2D eigenvalue weighted by molar-refractivity contribution is -0.120. The molecule has 1 aromatic carbocycles. The average molecular weight is 426 g/mol. The molecule has 0 saturated carbocycles. The molecular weight excluding hydrogens is 398 g/mol. The van der Waals surface area contributed by atoms with Gasteiger partial charge in [0.2, 0.25) is 5.91 Å². The van der Waals surface area contributed by atoms with Crippen LogP contribution < -0.4 is 15.5 Å². The summed E-state index contributed by atoms with van der Waals surface area (Å²) in [6.45, 7) is 1.36. The second-order valence-electron chi connectivity index (χ2n) is 7.55. The van der Waals surface area contributed by atoms with Gasteiger partial charge in [-0.25, -0.2) is 0 Å². The average Bonchev–Trinajstić information content (AvgIpc) is 3.23. The van der Waals surface area contributed by atoms with Crippen molar-refractivity contribution in [3.63, 3.8) is 0 Å². The number of hydrogen-bond donors (Lipinski definition) is 2. The molecule has 1 aromatic heterocycles. The first-order valence-corrected chi connectivity index (χ1v) is 11.2. The summed E-state index contributed by atoms with van der Waals surface area (Å²) in [6.07, 6.45) is 3.01. The van der Waals surface area contributed by atoms with Gasteiger partial charge in [0.25, 0.3) is 0 Å². The van der Waals surface area contributed by atoms with Gasteiger partial charge >= 0.3 is 0 Å². The van der Waals surface area contributed by atoms with Crippen molar-refractivity contribution in [3.8, 4) is 0 Å². The molecule has 0 fully saturated rings. The van der Waals surface area contributed by atoms with E-state index in [9.17, 15) is 9.59 Å². The van der Waals surface area contributed by atoms with E-state index in [0.29, 0.717) is 19.6 Å². The van der Waals surface area contributed by atoms with Crippen LogP contribution in [0.4, 0.5) is 11.4 Å². The highest BCUT2D eigenvalue weighted by Crippen LogP contribution is 2.45. The van der Waals surface area contributed by atoms with Crippen molar-refractivity contribution in [2.75, 3.05) is 37.0 Å². The van der Waals surface area contributed by atoms with Gasteiger partial charge in [-0.15, -0.1) is 11.3 Å². The number of methoxy groups -OCH3 is 1. The van der Waals surface area contributed by atoms with Gasteiger partial charge in [-0.2, -0.15) is 0 Å². The van der Waals surface area contributed by atoms with Gasteiger partial charge in [-0.1, -0.05) is 18.2 Å². The highest BCUT2D eigenvalue weighted by molar-refractivity contribution is 7.10. The van der Waals surface area contributed by atoms with Crippen molar-refractivity contribution in [2.45, 2.75) is 31.7 Å². The van der Waals surface area contributed by atoms with E-state index in [1.807, 2.05) is 35.7 Å². The van der Waals surface area contributed by atoms with E-state index < -0.39 is 0 Å². The van der Waals surface area contributed by atoms with Crippen LogP contribution in [-0.4, -0.2) is 38.5 Å². The molecule has 6 nitrogen and oxygen atoms in total.